The number of thiophene rings is 1. The van der Waals surface area contributed by atoms with Crippen LogP contribution in [0.4, 0.5) is 0 Å². The molecule has 1 N–H and O–H groups in total. The summed E-state index contributed by atoms with van der Waals surface area (Å²) in [6, 6.07) is 2.00. The van der Waals surface area contributed by atoms with E-state index in [0.29, 0.717) is 26.2 Å². The average Bonchev–Trinajstić information content (AvgIpc) is 2.94. The van der Waals surface area contributed by atoms with Gasteiger partial charge in [-0.1, -0.05) is 6.92 Å². The van der Waals surface area contributed by atoms with Crippen molar-refractivity contribution >= 4 is 23.2 Å². The molecule has 0 aromatic carbocycles. The molecule has 1 amide bonds. The van der Waals surface area contributed by atoms with Crippen LogP contribution in [-0.2, 0) is 16.0 Å². The number of hydrogen-bond donors (Lipinski definition) is 1. The Labute approximate surface area is 134 Å². The molecule has 1 aliphatic rings. The topological polar surface area (TPSA) is 70.1 Å². The average molecular weight is 326 g/mol. The van der Waals surface area contributed by atoms with Crippen LogP contribution in [0.15, 0.2) is 11.4 Å². The first-order valence-corrected chi connectivity index (χ1v) is 8.26. The number of carboxylic acid groups (broad SMARTS) is 1. The zero-order valence-electron chi connectivity index (χ0n) is 12.9. The molecule has 122 valence electrons. The standard InChI is InChI=1S/C15H22N2O4S/c1-3-11-4-7-22-14(11)15(20)17-5-6-21-12(9-17)8-16(2)10-13(18)19/h4,7,12H,3,5-6,8-10H2,1-2H3,(H,18,19). The van der Waals surface area contributed by atoms with Crippen molar-refractivity contribution in [2.45, 2.75) is 19.4 Å². The summed E-state index contributed by atoms with van der Waals surface area (Å²) in [6.45, 7) is 4.09. The first-order chi connectivity index (χ1) is 10.5. The van der Waals surface area contributed by atoms with E-state index in [9.17, 15) is 9.59 Å². The molecule has 0 radical (unpaired) electrons. The number of rotatable bonds is 6. The first-order valence-electron chi connectivity index (χ1n) is 7.38. The van der Waals surface area contributed by atoms with E-state index in [4.69, 9.17) is 9.84 Å². The molecular weight excluding hydrogens is 304 g/mol. The van der Waals surface area contributed by atoms with Crippen LogP contribution >= 0.6 is 11.3 Å². The summed E-state index contributed by atoms with van der Waals surface area (Å²) in [5, 5.41) is 10.7. The number of carbonyl (C=O) groups is 2. The van der Waals surface area contributed by atoms with E-state index in [0.717, 1.165) is 16.9 Å². The molecule has 0 saturated carbocycles. The van der Waals surface area contributed by atoms with E-state index in [1.54, 1.807) is 11.9 Å². The highest BCUT2D eigenvalue weighted by molar-refractivity contribution is 7.12. The number of carboxylic acids is 1. The SMILES string of the molecule is CCc1ccsc1C(=O)N1CCOC(CN(C)CC(=O)O)C1. The van der Waals surface area contributed by atoms with Gasteiger partial charge in [-0.3, -0.25) is 14.5 Å². The van der Waals surface area contributed by atoms with Gasteiger partial charge in [-0.2, -0.15) is 0 Å². The lowest BCUT2D eigenvalue weighted by Crippen LogP contribution is -2.49. The van der Waals surface area contributed by atoms with E-state index in [2.05, 4.69) is 0 Å². The zero-order chi connectivity index (χ0) is 16.1. The highest BCUT2D eigenvalue weighted by Crippen LogP contribution is 2.21. The van der Waals surface area contributed by atoms with Crippen molar-refractivity contribution in [3.05, 3.63) is 21.9 Å². The zero-order valence-corrected chi connectivity index (χ0v) is 13.8. The van der Waals surface area contributed by atoms with Gasteiger partial charge < -0.3 is 14.7 Å². The van der Waals surface area contributed by atoms with E-state index in [1.807, 2.05) is 23.3 Å². The molecule has 1 atom stereocenters. The number of likely N-dealkylation sites (N-methyl/N-ethyl adjacent to an activating group) is 1. The van der Waals surface area contributed by atoms with Crippen molar-refractivity contribution < 1.29 is 19.4 Å². The number of ether oxygens (including phenoxy) is 1. The van der Waals surface area contributed by atoms with Crippen LogP contribution < -0.4 is 0 Å². The predicted octanol–water partition coefficient (Wildman–Crippen LogP) is 1.17. The minimum absolute atomic E-state index is 0.0291. The summed E-state index contributed by atoms with van der Waals surface area (Å²) >= 11 is 1.48. The van der Waals surface area contributed by atoms with Gasteiger partial charge in [-0.25, -0.2) is 0 Å². The van der Waals surface area contributed by atoms with Crippen molar-refractivity contribution in [1.82, 2.24) is 9.80 Å². The van der Waals surface area contributed by atoms with E-state index < -0.39 is 5.97 Å². The molecule has 22 heavy (non-hydrogen) atoms. The van der Waals surface area contributed by atoms with Crippen LogP contribution in [0.5, 0.6) is 0 Å². The Bertz CT molecular complexity index is 531. The lowest BCUT2D eigenvalue weighted by atomic mass is 10.1. The van der Waals surface area contributed by atoms with Crippen LogP contribution in [0.2, 0.25) is 0 Å². The minimum atomic E-state index is -0.864. The Balaban J connectivity index is 1.95. The maximum Gasteiger partial charge on any atom is 0.317 e. The number of hydrogen-bond acceptors (Lipinski definition) is 5. The third-order valence-electron chi connectivity index (χ3n) is 3.67. The normalized spacial score (nSPS) is 18.7. The summed E-state index contributed by atoms with van der Waals surface area (Å²) in [6.07, 6.45) is 0.701. The minimum Gasteiger partial charge on any atom is -0.480 e. The highest BCUT2D eigenvalue weighted by atomic mass is 32.1. The van der Waals surface area contributed by atoms with Gasteiger partial charge >= 0.3 is 5.97 Å². The molecule has 7 heteroatoms. The Morgan fingerprint density at radius 2 is 2.32 bits per heavy atom. The van der Waals surface area contributed by atoms with Crippen molar-refractivity contribution in [2.75, 3.05) is 39.8 Å². The number of amides is 1. The van der Waals surface area contributed by atoms with Crippen LogP contribution in [0, 0.1) is 0 Å². The number of nitrogens with zero attached hydrogens (tertiary/aromatic N) is 2. The molecule has 2 heterocycles. The summed E-state index contributed by atoms with van der Waals surface area (Å²) < 4.78 is 5.66. The molecule has 0 aliphatic carbocycles. The van der Waals surface area contributed by atoms with Crippen molar-refractivity contribution in [2.24, 2.45) is 0 Å². The molecule has 1 unspecified atom stereocenters. The lowest BCUT2D eigenvalue weighted by molar-refractivity contribution is -0.138. The third kappa shape index (κ3) is 4.28. The van der Waals surface area contributed by atoms with E-state index in [-0.39, 0.29) is 18.6 Å². The Kier molecular flexibility index (Phi) is 5.93. The molecular formula is C15H22N2O4S. The van der Waals surface area contributed by atoms with Gasteiger partial charge in [0.15, 0.2) is 0 Å². The molecule has 1 saturated heterocycles. The van der Waals surface area contributed by atoms with Crippen molar-refractivity contribution in [1.29, 1.82) is 0 Å². The number of aliphatic carboxylic acids is 1. The van der Waals surface area contributed by atoms with Crippen molar-refractivity contribution in [3.8, 4) is 0 Å². The number of carbonyl (C=O) groups excluding carboxylic acids is 1. The van der Waals surface area contributed by atoms with Crippen LogP contribution in [0.25, 0.3) is 0 Å². The summed E-state index contributed by atoms with van der Waals surface area (Å²) in [5.41, 5.74) is 1.08. The van der Waals surface area contributed by atoms with Gasteiger partial charge in [0.2, 0.25) is 0 Å². The van der Waals surface area contributed by atoms with Crippen LogP contribution in [0.1, 0.15) is 22.2 Å². The summed E-state index contributed by atoms with van der Waals surface area (Å²) in [7, 11) is 1.74. The van der Waals surface area contributed by atoms with Crippen LogP contribution in [0.3, 0.4) is 0 Å². The third-order valence-corrected chi connectivity index (χ3v) is 4.61. The van der Waals surface area contributed by atoms with E-state index in [1.165, 1.54) is 11.3 Å². The van der Waals surface area contributed by atoms with Gasteiger partial charge in [0.05, 0.1) is 24.1 Å². The molecule has 1 aromatic heterocycles. The monoisotopic (exact) mass is 326 g/mol. The Morgan fingerprint density at radius 3 is 3.00 bits per heavy atom. The summed E-state index contributed by atoms with van der Waals surface area (Å²) in [4.78, 5) is 27.6. The van der Waals surface area contributed by atoms with Gasteiger partial charge in [0.25, 0.3) is 5.91 Å². The van der Waals surface area contributed by atoms with Gasteiger partial charge in [-0.15, -0.1) is 11.3 Å². The number of morpholine rings is 1. The van der Waals surface area contributed by atoms with E-state index >= 15 is 0 Å². The Hall–Kier alpha value is -1.44. The fraction of sp³-hybridized carbons (Fsp3) is 0.600. The van der Waals surface area contributed by atoms with Gasteiger partial charge in [0.1, 0.15) is 0 Å². The largest absolute Gasteiger partial charge is 0.480 e. The smallest absolute Gasteiger partial charge is 0.317 e. The lowest BCUT2D eigenvalue weighted by Gasteiger charge is -2.34. The quantitative estimate of drug-likeness (QED) is 0.850. The van der Waals surface area contributed by atoms with Crippen molar-refractivity contribution in [3.63, 3.8) is 0 Å². The fourth-order valence-electron chi connectivity index (χ4n) is 2.60. The molecule has 1 aliphatic heterocycles. The second-order valence-corrected chi connectivity index (χ2v) is 6.38. The molecule has 1 aromatic rings. The molecule has 6 nitrogen and oxygen atoms in total. The first kappa shape index (κ1) is 16.9. The highest BCUT2D eigenvalue weighted by Gasteiger charge is 2.27. The second kappa shape index (κ2) is 7.71. The van der Waals surface area contributed by atoms with Crippen LogP contribution in [-0.4, -0.2) is 72.7 Å². The molecule has 0 spiro atoms. The molecule has 2 rings (SSSR count). The number of aryl methyl sites for hydroxylation is 1. The Morgan fingerprint density at radius 1 is 1.55 bits per heavy atom. The van der Waals surface area contributed by atoms with Gasteiger partial charge in [0, 0.05) is 19.6 Å². The maximum atomic E-state index is 12.6. The maximum absolute atomic E-state index is 12.6. The van der Waals surface area contributed by atoms with Gasteiger partial charge in [-0.05, 0) is 30.5 Å². The molecule has 1 fully saturated rings. The summed E-state index contributed by atoms with van der Waals surface area (Å²) in [5.74, 6) is -0.807. The predicted molar refractivity (Wildman–Crippen MR) is 84.5 cm³/mol. The molecule has 0 bridgehead atoms. The fourth-order valence-corrected chi connectivity index (χ4v) is 3.56. The second-order valence-electron chi connectivity index (χ2n) is 5.46.